The number of ether oxygens (including phenoxy) is 1. The summed E-state index contributed by atoms with van der Waals surface area (Å²) in [5.41, 5.74) is 7.08. The molecule has 3 nitrogen and oxygen atoms in total. The largest absolute Gasteiger partial charge is 0.497 e. The Bertz CT molecular complexity index is 724. The summed E-state index contributed by atoms with van der Waals surface area (Å²) < 4.78 is 5.17. The lowest BCUT2D eigenvalue weighted by Gasteiger charge is -2.09. The first-order valence-corrected chi connectivity index (χ1v) is 7.45. The van der Waals surface area contributed by atoms with E-state index < -0.39 is 0 Å². The summed E-state index contributed by atoms with van der Waals surface area (Å²) in [4.78, 5) is 0. The lowest BCUT2D eigenvalue weighted by Crippen LogP contribution is -2.06. The molecule has 0 atom stereocenters. The second kappa shape index (κ2) is 7.27. The molecule has 3 aromatic rings. The summed E-state index contributed by atoms with van der Waals surface area (Å²) in [5, 5.41) is 4.62. The van der Waals surface area contributed by atoms with Crippen LogP contribution in [0.1, 0.15) is 11.1 Å². The quantitative estimate of drug-likeness (QED) is 0.553. The van der Waals surface area contributed by atoms with Gasteiger partial charge in [-0.05, 0) is 24.3 Å². The molecule has 0 unspecified atom stereocenters. The number of benzene rings is 3. The summed E-state index contributed by atoms with van der Waals surface area (Å²) in [6.45, 7) is 0. The van der Waals surface area contributed by atoms with E-state index in [9.17, 15) is 0 Å². The van der Waals surface area contributed by atoms with Crippen LogP contribution in [0, 0.1) is 0 Å². The molecule has 0 amide bonds. The van der Waals surface area contributed by atoms with Crippen molar-refractivity contribution >= 4 is 11.4 Å². The average Bonchev–Trinajstić information content (AvgIpc) is 2.64. The van der Waals surface area contributed by atoms with Crippen LogP contribution >= 0.6 is 0 Å². The molecule has 3 aromatic carbocycles. The highest BCUT2D eigenvalue weighted by molar-refractivity contribution is 6.13. The van der Waals surface area contributed by atoms with Crippen LogP contribution in [-0.2, 0) is 0 Å². The van der Waals surface area contributed by atoms with Gasteiger partial charge in [-0.3, -0.25) is 5.43 Å². The fourth-order valence-electron chi connectivity index (χ4n) is 2.27. The van der Waals surface area contributed by atoms with Crippen LogP contribution in [0.3, 0.4) is 0 Å². The van der Waals surface area contributed by atoms with Crippen LogP contribution < -0.4 is 10.2 Å². The molecule has 23 heavy (non-hydrogen) atoms. The number of hydrazone groups is 1. The number of hydrogen-bond donors (Lipinski definition) is 1. The normalized spacial score (nSPS) is 9.96. The van der Waals surface area contributed by atoms with E-state index in [2.05, 4.69) is 34.8 Å². The number of methoxy groups -OCH3 is 1. The van der Waals surface area contributed by atoms with E-state index in [4.69, 9.17) is 4.74 Å². The van der Waals surface area contributed by atoms with Crippen molar-refractivity contribution in [2.75, 3.05) is 12.5 Å². The van der Waals surface area contributed by atoms with Crippen molar-refractivity contribution in [3.05, 3.63) is 96.1 Å². The minimum atomic E-state index is 0.825. The van der Waals surface area contributed by atoms with E-state index in [1.165, 1.54) is 0 Å². The Hall–Kier alpha value is -3.07. The van der Waals surface area contributed by atoms with Crippen molar-refractivity contribution < 1.29 is 4.74 Å². The van der Waals surface area contributed by atoms with Crippen LogP contribution in [0.2, 0.25) is 0 Å². The van der Waals surface area contributed by atoms with Gasteiger partial charge in [-0.15, -0.1) is 0 Å². The van der Waals surface area contributed by atoms with Gasteiger partial charge in [-0.2, -0.15) is 5.10 Å². The predicted molar refractivity (Wildman–Crippen MR) is 95.1 cm³/mol. The first kappa shape index (κ1) is 14.9. The molecule has 0 spiro atoms. The second-order valence-corrected chi connectivity index (χ2v) is 5.03. The Balaban J connectivity index is 1.91. The molecule has 3 heteroatoms. The highest BCUT2D eigenvalue weighted by Crippen LogP contribution is 2.16. The van der Waals surface area contributed by atoms with Crippen LogP contribution in [-0.4, -0.2) is 12.8 Å². The molecule has 114 valence electrons. The first-order chi connectivity index (χ1) is 11.4. The molecule has 0 bridgehead atoms. The molecule has 0 aliphatic rings. The molecule has 0 aromatic heterocycles. The Morgan fingerprint density at radius 2 is 1.26 bits per heavy atom. The third kappa shape index (κ3) is 3.77. The van der Waals surface area contributed by atoms with Gasteiger partial charge in [0.05, 0.1) is 18.5 Å². The summed E-state index contributed by atoms with van der Waals surface area (Å²) in [6.07, 6.45) is 0. The molecule has 0 aliphatic heterocycles. The highest BCUT2D eigenvalue weighted by Gasteiger charge is 2.06. The van der Waals surface area contributed by atoms with Crippen LogP contribution in [0.5, 0.6) is 5.75 Å². The van der Waals surface area contributed by atoms with E-state index in [0.717, 1.165) is 28.3 Å². The zero-order chi connectivity index (χ0) is 15.9. The number of nitrogens with one attached hydrogen (secondary N) is 1. The summed E-state index contributed by atoms with van der Waals surface area (Å²) in [5.74, 6) is 0.825. The Morgan fingerprint density at radius 1 is 0.739 bits per heavy atom. The Morgan fingerprint density at radius 3 is 1.74 bits per heavy atom. The highest BCUT2D eigenvalue weighted by atomic mass is 16.5. The molecule has 0 fully saturated rings. The van der Waals surface area contributed by atoms with Crippen molar-refractivity contribution in [3.63, 3.8) is 0 Å². The summed E-state index contributed by atoms with van der Waals surface area (Å²) in [7, 11) is 1.66. The minimum absolute atomic E-state index is 0.825. The van der Waals surface area contributed by atoms with Gasteiger partial charge in [-0.1, -0.05) is 60.7 Å². The van der Waals surface area contributed by atoms with Crippen molar-refractivity contribution in [1.29, 1.82) is 0 Å². The third-order valence-electron chi connectivity index (χ3n) is 3.48. The van der Waals surface area contributed by atoms with Gasteiger partial charge in [0.15, 0.2) is 0 Å². The van der Waals surface area contributed by atoms with E-state index in [1.807, 2.05) is 60.7 Å². The van der Waals surface area contributed by atoms with Crippen LogP contribution in [0.4, 0.5) is 5.69 Å². The van der Waals surface area contributed by atoms with Gasteiger partial charge in [-0.25, -0.2) is 0 Å². The van der Waals surface area contributed by atoms with Crippen LogP contribution in [0.25, 0.3) is 0 Å². The summed E-state index contributed by atoms with van der Waals surface area (Å²) in [6, 6.07) is 28.0. The Labute approximate surface area is 136 Å². The number of nitrogens with zero attached hydrogens (tertiary/aromatic N) is 1. The number of anilines is 1. The lowest BCUT2D eigenvalue weighted by molar-refractivity contribution is 0.415. The fraction of sp³-hybridized carbons (Fsp3) is 0.0500. The molecule has 0 saturated heterocycles. The van der Waals surface area contributed by atoms with Gasteiger partial charge < -0.3 is 4.74 Å². The van der Waals surface area contributed by atoms with Gasteiger partial charge in [0.2, 0.25) is 0 Å². The summed E-state index contributed by atoms with van der Waals surface area (Å²) >= 11 is 0. The van der Waals surface area contributed by atoms with Gasteiger partial charge >= 0.3 is 0 Å². The fourth-order valence-corrected chi connectivity index (χ4v) is 2.27. The third-order valence-corrected chi connectivity index (χ3v) is 3.48. The van der Waals surface area contributed by atoms with Crippen molar-refractivity contribution in [1.82, 2.24) is 0 Å². The zero-order valence-corrected chi connectivity index (χ0v) is 12.9. The average molecular weight is 302 g/mol. The molecular formula is C20H18N2O. The lowest BCUT2D eigenvalue weighted by atomic mass is 10.0. The van der Waals surface area contributed by atoms with Gasteiger partial charge in [0, 0.05) is 11.1 Å². The molecule has 3 rings (SSSR count). The number of rotatable bonds is 5. The molecule has 0 aliphatic carbocycles. The van der Waals surface area contributed by atoms with Crippen molar-refractivity contribution in [2.24, 2.45) is 5.10 Å². The minimum Gasteiger partial charge on any atom is -0.497 e. The first-order valence-electron chi connectivity index (χ1n) is 7.45. The molecule has 0 heterocycles. The van der Waals surface area contributed by atoms with E-state index >= 15 is 0 Å². The molecule has 1 N–H and O–H groups in total. The monoisotopic (exact) mass is 302 g/mol. The zero-order valence-electron chi connectivity index (χ0n) is 12.9. The molecular weight excluding hydrogens is 284 g/mol. The SMILES string of the molecule is COc1ccc(NN=C(c2ccccc2)c2ccccc2)cc1. The van der Waals surface area contributed by atoms with Crippen molar-refractivity contribution in [2.45, 2.75) is 0 Å². The maximum Gasteiger partial charge on any atom is 0.119 e. The molecule has 0 saturated carbocycles. The van der Waals surface area contributed by atoms with E-state index in [0.29, 0.717) is 0 Å². The van der Waals surface area contributed by atoms with Crippen LogP contribution in [0.15, 0.2) is 90.0 Å². The van der Waals surface area contributed by atoms with E-state index in [-0.39, 0.29) is 0 Å². The number of hydrogen-bond acceptors (Lipinski definition) is 3. The van der Waals surface area contributed by atoms with Gasteiger partial charge in [0.1, 0.15) is 5.75 Å². The smallest absolute Gasteiger partial charge is 0.119 e. The maximum atomic E-state index is 5.17. The molecule has 0 radical (unpaired) electrons. The standard InChI is InChI=1S/C20H18N2O/c1-23-19-14-12-18(13-15-19)21-22-20(16-8-4-2-5-9-16)17-10-6-3-7-11-17/h2-15,21H,1H3. The maximum absolute atomic E-state index is 5.17. The predicted octanol–water partition coefficient (Wildman–Crippen LogP) is 4.56. The second-order valence-electron chi connectivity index (χ2n) is 5.03. The van der Waals surface area contributed by atoms with E-state index in [1.54, 1.807) is 7.11 Å². The van der Waals surface area contributed by atoms with Crippen molar-refractivity contribution in [3.8, 4) is 5.75 Å². The Kier molecular flexibility index (Phi) is 4.69. The topological polar surface area (TPSA) is 33.6 Å². The van der Waals surface area contributed by atoms with Gasteiger partial charge in [0.25, 0.3) is 0 Å².